The lowest BCUT2D eigenvalue weighted by atomic mass is 10.1. The van der Waals surface area contributed by atoms with Gasteiger partial charge >= 0.3 is 0 Å². The maximum atomic E-state index is 11.6. The van der Waals surface area contributed by atoms with Crippen LogP contribution in [0.2, 0.25) is 0 Å². The SMILES string of the molecule is CCCNC(=O)CC(=O)Nc1ccc(C)c(C)c1. The molecule has 4 nitrogen and oxygen atoms in total. The predicted octanol–water partition coefficient (Wildman–Crippen LogP) is 2.16. The Morgan fingerprint density at radius 1 is 1.11 bits per heavy atom. The summed E-state index contributed by atoms with van der Waals surface area (Å²) in [5, 5.41) is 5.39. The van der Waals surface area contributed by atoms with Crippen molar-refractivity contribution in [1.29, 1.82) is 0 Å². The highest BCUT2D eigenvalue weighted by Gasteiger charge is 2.09. The van der Waals surface area contributed by atoms with Crippen LogP contribution in [0.1, 0.15) is 30.9 Å². The van der Waals surface area contributed by atoms with E-state index in [1.165, 1.54) is 5.56 Å². The molecule has 98 valence electrons. The molecule has 4 heteroatoms. The molecule has 0 aromatic heterocycles. The Kier molecular flexibility index (Phi) is 5.36. The third-order valence-electron chi connectivity index (χ3n) is 2.68. The Hall–Kier alpha value is -1.84. The molecule has 0 unspecified atom stereocenters. The zero-order valence-electron chi connectivity index (χ0n) is 11.2. The maximum absolute atomic E-state index is 11.6. The highest BCUT2D eigenvalue weighted by molar-refractivity contribution is 6.03. The molecule has 2 amide bonds. The molecule has 0 heterocycles. The van der Waals surface area contributed by atoms with E-state index in [1.807, 2.05) is 39.0 Å². The summed E-state index contributed by atoms with van der Waals surface area (Å²) in [6.45, 7) is 6.57. The van der Waals surface area contributed by atoms with Gasteiger partial charge in [-0.15, -0.1) is 0 Å². The van der Waals surface area contributed by atoms with Crippen LogP contribution < -0.4 is 10.6 Å². The molecule has 1 rings (SSSR count). The zero-order chi connectivity index (χ0) is 13.5. The summed E-state index contributed by atoms with van der Waals surface area (Å²) in [5.41, 5.74) is 3.02. The van der Waals surface area contributed by atoms with Crippen LogP contribution >= 0.6 is 0 Å². The van der Waals surface area contributed by atoms with Crippen molar-refractivity contribution in [3.63, 3.8) is 0 Å². The minimum Gasteiger partial charge on any atom is -0.356 e. The number of benzene rings is 1. The second kappa shape index (κ2) is 6.79. The van der Waals surface area contributed by atoms with Crippen molar-refractivity contribution >= 4 is 17.5 Å². The normalized spacial score (nSPS) is 9.94. The first-order valence-corrected chi connectivity index (χ1v) is 6.16. The molecule has 0 saturated heterocycles. The van der Waals surface area contributed by atoms with Gasteiger partial charge in [0.1, 0.15) is 6.42 Å². The summed E-state index contributed by atoms with van der Waals surface area (Å²) >= 11 is 0. The van der Waals surface area contributed by atoms with Gasteiger partial charge in [0.05, 0.1) is 0 Å². The van der Waals surface area contributed by atoms with Crippen LogP contribution in [0.5, 0.6) is 0 Å². The molecule has 0 aliphatic carbocycles. The lowest BCUT2D eigenvalue weighted by Crippen LogP contribution is -2.28. The fourth-order valence-electron chi connectivity index (χ4n) is 1.50. The van der Waals surface area contributed by atoms with Gasteiger partial charge < -0.3 is 10.6 Å². The molecule has 2 N–H and O–H groups in total. The van der Waals surface area contributed by atoms with Crippen LogP contribution in [0.3, 0.4) is 0 Å². The number of carbonyl (C=O) groups excluding carboxylic acids is 2. The average molecular weight is 248 g/mol. The minimum atomic E-state index is -0.285. The van der Waals surface area contributed by atoms with Crippen LogP contribution in [0.4, 0.5) is 5.69 Å². The Bertz CT molecular complexity index is 441. The molecule has 0 bridgehead atoms. The number of carbonyl (C=O) groups is 2. The van der Waals surface area contributed by atoms with Crippen molar-refractivity contribution < 1.29 is 9.59 Å². The van der Waals surface area contributed by atoms with Crippen LogP contribution in [-0.2, 0) is 9.59 Å². The van der Waals surface area contributed by atoms with Crippen molar-refractivity contribution in [2.75, 3.05) is 11.9 Å². The number of hydrogen-bond acceptors (Lipinski definition) is 2. The van der Waals surface area contributed by atoms with Crippen molar-refractivity contribution in [3.05, 3.63) is 29.3 Å². The number of amides is 2. The van der Waals surface area contributed by atoms with E-state index in [9.17, 15) is 9.59 Å². The smallest absolute Gasteiger partial charge is 0.233 e. The Morgan fingerprint density at radius 3 is 2.44 bits per heavy atom. The number of anilines is 1. The maximum Gasteiger partial charge on any atom is 0.233 e. The monoisotopic (exact) mass is 248 g/mol. The van der Waals surface area contributed by atoms with E-state index >= 15 is 0 Å². The van der Waals surface area contributed by atoms with Gasteiger partial charge in [-0.3, -0.25) is 9.59 Å². The van der Waals surface area contributed by atoms with E-state index in [-0.39, 0.29) is 18.2 Å². The van der Waals surface area contributed by atoms with E-state index in [0.29, 0.717) is 6.54 Å². The number of aryl methyl sites for hydroxylation is 2. The lowest BCUT2D eigenvalue weighted by molar-refractivity contribution is -0.126. The summed E-state index contributed by atoms with van der Waals surface area (Å²) in [6, 6.07) is 5.68. The summed E-state index contributed by atoms with van der Waals surface area (Å²) in [4.78, 5) is 23.0. The van der Waals surface area contributed by atoms with Crippen LogP contribution in [-0.4, -0.2) is 18.4 Å². The number of hydrogen-bond donors (Lipinski definition) is 2. The molecule has 0 radical (unpaired) electrons. The van der Waals surface area contributed by atoms with Crippen molar-refractivity contribution in [2.45, 2.75) is 33.6 Å². The molecular weight excluding hydrogens is 228 g/mol. The third kappa shape index (κ3) is 4.57. The molecule has 0 atom stereocenters. The molecule has 0 fully saturated rings. The molecule has 18 heavy (non-hydrogen) atoms. The van der Waals surface area contributed by atoms with Gasteiger partial charge in [0.15, 0.2) is 0 Å². The molecule has 1 aromatic rings. The van der Waals surface area contributed by atoms with E-state index in [0.717, 1.165) is 17.7 Å². The first-order valence-electron chi connectivity index (χ1n) is 6.16. The van der Waals surface area contributed by atoms with E-state index in [4.69, 9.17) is 0 Å². The van der Waals surface area contributed by atoms with Crippen LogP contribution in [0, 0.1) is 13.8 Å². The largest absolute Gasteiger partial charge is 0.356 e. The quantitative estimate of drug-likeness (QED) is 0.784. The Labute approximate surface area is 108 Å². The van der Waals surface area contributed by atoms with E-state index < -0.39 is 0 Å². The number of nitrogens with one attached hydrogen (secondary N) is 2. The first kappa shape index (κ1) is 14.2. The van der Waals surface area contributed by atoms with Crippen molar-refractivity contribution in [1.82, 2.24) is 5.32 Å². The van der Waals surface area contributed by atoms with Gasteiger partial charge in [-0.1, -0.05) is 13.0 Å². The second-order valence-corrected chi connectivity index (χ2v) is 4.37. The highest BCUT2D eigenvalue weighted by atomic mass is 16.2. The summed E-state index contributed by atoms with van der Waals surface area (Å²) < 4.78 is 0. The van der Waals surface area contributed by atoms with E-state index in [2.05, 4.69) is 10.6 Å². The fraction of sp³-hybridized carbons (Fsp3) is 0.429. The topological polar surface area (TPSA) is 58.2 Å². The summed E-state index contributed by atoms with van der Waals surface area (Å²) in [5.74, 6) is -0.523. The van der Waals surface area contributed by atoms with Crippen LogP contribution in [0.25, 0.3) is 0 Å². The van der Waals surface area contributed by atoms with Gasteiger partial charge in [-0.05, 0) is 43.5 Å². The summed E-state index contributed by atoms with van der Waals surface area (Å²) in [7, 11) is 0. The highest BCUT2D eigenvalue weighted by Crippen LogP contribution is 2.14. The third-order valence-corrected chi connectivity index (χ3v) is 2.68. The van der Waals surface area contributed by atoms with Gasteiger partial charge in [0.2, 0.25) is 11.8 Å². The Morgan fingerprint density at radius 2 is 1.83 bits per heavy atom. The summed E-state index contributed by atoms with van der Waals surface area (Å²) in [6.07, 6.45) is 0.734. The molecule has 0 saturated carbocycles. The lowest BCUT2D eigenvalue weighted by Gasteiger charge is -2.08. The molecular formula is C14H20N2O2. The standard InChI is InChI=1S/C14H20N2O2/c1-4-7-15-13(17)9-14(18)16-12-6-5-10(2)11(3)8-12/h5-6,8H,4,7,9H2,1-3H3,(H,15,17)(H,16,18). The fourth-order valence-corrected chi connectivity index (χ4v) is 1.50. The van der Waals surface area contributed by atoms with Crippen molar-refractivity contribution in [2.24, 2.45) is 0 Å². The first-order chi connectivity index (χ1) is 8.52. The molecule has 0 spiro atoms. The molecule has 0 aliphatic heterocycles. The van der Waals surface area contributed by atoms with Gasteiger partial charge in [0.25, 0.3) is 0 Å². The zero-order valence-corrected chi connectivity index (χ0v) is 11.2. The molecule has 0 aliphatic rings. The second-order valence-electron chi connectivity index (χ2n) is 4.37. The average Bonchev–Trinajstić information content (AvgIpc) is 2.31. The Balaban J connectivity index is 2.49. The van der Waals surface area contributed by atoms with Crippen molar-refractivity contribution in [3.8, 4) is 0 Å². The van der Waals surface area contributed by atoms with E-state index in [1.54, 1.807) is 0 Å². The van der Waals surface area contributed by atoms with Gasteiger partial charge in [-0.25, -0.2) is 0 Å². The minimum absolute atomic E-state index is 0.132. The predicted molar refractivity (Wildman–Crippen MR) is 72.5 cm³/mol. The van der Waals surface area contributed by atoms with Gasteiger partial charge in [-0.2, -0.15) is 0 Å². The molecule has 1 aromatic carbocycles. The number of rotatable bonds is 5. The van der Waals surface area contributed by atoms with Crippen LogP contribution in [0.15, 0.2) is 18.2 Å². The van der Waals surface area contributed by atoms with Gasteiger partial charge in [0, 0.05) is 12.2 Å².